The second-order valence-corrected chi connectivity index (χ2v) is 2.75. The van der Waals surface area contributed by atoms with Crippen molar-refractivity contribution in [1.82, 2.24) is 0 Å². The van der Waals surface area contributed by atoms with Gasteiger partial charge < -0.3 is 4.74 Å². The number of carbonyl (C=O) groups is 1. The van der Waals surface area contributed by atoms with Crippen molar-refractivity contribution in [1.29, 1.82) is 0 Å². The molecule has 0 saturated heterocycles. The number of ether oxygens (including phenoxy) is 1. The molecular formula is C10H12FNO2. The Hall–Kier alpha value is -1.26. The molecule has 0 aromatic heterocycles. The van der Waals surface area contributed by atoms with Crippen molar-refractivity contribution in [2.45, 2.75) is 13.2 Å². The normalized spacial score (nSPS) is 12.5. The number of rotatable bonds is 4. The Morgan fingerprint density at radius 3 is 2.57 bits per heavy atom. The van der Waals surface area contributed by atoms with Crippen molar-refractivity contribution in [3.8, 4) is 0 Å². The summed E-state index contributed by atoms with van der Waals surface area (Å²) in [6.07, 6.45) is -0.967. The lowest BCUT2D eigenvalue weighted by molar-refractivity contribution is 0.0479. The van der Waals surface area contributed by atoms with Crippen LogP contribution >= 0.6 is 0 Å². The number of nitrogens with two attached hydrogens (primary N) is 1. The third kappa shape index (κ3) is 2.61. The summed E-state index contributed by atoms with van der Waals surface area (Å²) < 4.78 is 17.4. The van der Waals surface area contributed by atoms with Crippen molar-refractivity contribution in [3.05, 3.63) is 35.6 Å². The highest BCUT2D eigenvalue weighted by Gasteiger charge is 2.15. The van der Waals surface area contributed by atoms with Gasteiger partial charge in [-0.1, -0.05) is 0 Å². The van der Waals surface area contributed by atoms with Crippen LogP contribution in [0, 0.1) is 5.82 Å². The fraction of sp³-hybridized carbons (Fsp3) is 0.300. The van der Waals surface area contributed by atoms with Gasteiger partial charge in [0.05, 0.1) is 0 Å². The van der Waals surface area contributed by atoms with Gasteiger partial charge >= 0.3 is 0 Å². The first-order valence-electron chi connectivity index (χ1n) is 4.32. The number of carbonyl (C=O) groups excluding carboxylic acids is 1. The number of benzene rings is 1. The average Bonchev–Trinajstić information content (AvgIpc) is 2.18. The minimum Gasteiger partial charge on any atom is -0.356 e. The van der Waals surface area contributed by atoms with Crippen molar-refractivity contribution in [3.63, 3.8) is 0 Å². The van der Waals surface area contributed by atoms with E-state index in [1.165, 1.54) is 24.3 Å². The molecule has 76 valence electrons. The Balaban J connectivity index is 2.74. The summed E-state index contributed by atoms with van der Waals surface area (Å²) in [5.74, 6) is -0.724. The minimum atomic E-state index is -0.967. The van der Waals surface area contributed by atoms with Gasteiger partial charge in [0.25, 0.3) is 0 Å². The third-order valence-electron chi connectivity index (χ3n) is 1.73. The van der Waals surface area contributed by atoms with Crippen LogP contribution in [0.1, 0.15) is 17.3 Å². The molecular weight excluding hydrogens is 185 g/mol. The van der Waals surface area contributed by atoms with E-state index in [-0.39, 0.29) is 11.6 Å². The topological polar surface area (TPSA) is 52.3 Å². The molecule has 0 amide bonds. The maximum Gasteiger partial charge on any atom is 0.206 e. The summed E-state index contributed by atoms with van der Waals surface area (Å²) in [4.78, 5) is 11.5. The van der Waals surface area contributed by atoms with E-state index in [1.807, 2.05) is 0 Å². The van der Waals surface area contributed by atoms with Crippen molar-refractivity contribution < 1.29 is 13.9 Å². The van der Waals surface area contributed by atoms with Crippen LogP contribution < -0.4 is 5.73 Å². The Bertz CT molecular complexity index is 310. The summed E-state index contributed by atoms with van der Waals surface area (Å²) in [5.41, 5.74) is 5.79. The number of hydrogen-bond acceptors (Lipinski definition) is 3. The SMILES string of the molecule is CCOC(N)C(=O)c1ccc(F)cc1. The van der Waals surface area contributed by atoms with E-state index in [1.54, 1.807) is 6.92 Å². The molecule has 3 nitrogen and oxygen atoms in total. The molecule has 1 atom stereocenters. The highest BCUT2D eigenvalue weighted by Crippen LogP contribution is 2.05. The van der Waals surface area contributed by atoms with Crippen molar-refractivity contribution in [2.24, 2.45) is 5.73 Å². The molecule has 0 spiro atoms. The van der Waals surface area contributed by atoms with E-state index in [4.69, 9.17) is 10.5 Å². The maximum atomic E-state index is 12.5. The Kier molecular flexibility index (Phi) is 3.73. The fourth-order valence-corrected chi connectivity index (χ4v) is 1.03. The van der Waals surface area contributed by atoms with Crippen LogP contribution in [0.2, 0.25) is 0 Å². The molecule has 0 saturated carbocycles. The molecule has 1 unspecified atom stereocenters. The molecule has 0 heterocycles. The maximum absolute atomic E-state index is 12.5. The van der Waals surface area contributed by atoms with Gasteiger partial charge in [0.15, 0.2) is 6.23 Å². The first kappa shape index (κ1) is 10.8. The smallest absolute Gasteiger partial charge is 0.206 e. The summed E-state index contributed by atoms with van der Waals surface area (Å²) in [6.45, 7) is 2.12. The van der Waals surface area contributed by atoms with Crippen molar-refractivity contribution in [2.75, 3.05) is 6.61 Å². The second-order valence-electron chi connectivity index (χ2n) is 2.75. The van der Waals surface area contributed by atoms with E-state index >= 15 is 0 Å². The molecule has 0 aliphatic carbocycles. The molecule has 0 aliphatic rings. The molecule has 0 aliphatic heterocycles. The molecule has 1 aromatic rings. The van der Waals surface area contributed by atoms with Gasteiger partial charge in [-0.2, -0.15) is 0 Å². The van der Waals surface area contributed by atoms with E-state index in [9.17, 15) is 9.18 Å². The number of ketones is 1. The predicted octanol–water partition coefficient (Wildman–Crippen LogP) is 1.33. The van der Waals surface area contributed by atoms with E-state index in [0.717, 1.165) is 0 Å². The zero-order valence-corrected chi connectivity index (χ0v) is 7.87. The number of Topliss-reactive ketones (excluding diaryl/α,β-unsaturated/α-hetero) is 1. The van der Waals surface area contributed by atoms with Gasteiger partial charge in [-0.25, -0.2) is 4.39 Å². The van der Waals surface area contributed by atoms with Gasteiger partial charge in [0.1, 0.15) is 5.82 Å². The molecule has 2 N–H and O–H groups in total. The average molecular weight is 197 g/mol. The number of halogens is 1. The highest BCUT2D eigenvalue weighted by atomic mass is 19.1. The van der Waals surface area contributed by atoms with E-state index in [0.29, 0.717) is 12.2 Å². The zero-order chi connectivity index (χ0) is 10.6. The van der Waals surface area contributed by atoms with Crippen LogP contribution in [0.5, 0.6) is 0 Å². The Morgan fingerprint density at radius 2 is 2.07 bits per heavy atom. The van der Waals surface area contributed by atoms with Gasteiger partial charge in [-0.15, -0.1) is 0 Å². The van der Waals surface area contributed by atoms with Gasteiger partial charge in [0.2, 0.25) is 5.78 Å². The van der Waals surface area contributed by atoms with Gasteiger partial charge in [-0.3, -0.25) is 10.5 Å². The molecule has 0 bridgehead atoms. The highest BCUT2D eigenvalue weighted by molar-refractivity contribution is 5.99. The van der Waals surface area contributed by atoms with Crippen LogP contribution in [0.15, 0.2) is 24.3 Å². The Morgan fingerprint density at radius 1 is 1.50 bits per heavy atom. The summed E-state index contributed by atoms with van der Waals surface area (Å²) >= 11 is 0. The number of hydrogen-bond donors (Lipinski definition) is 1. The summed E-state index contributed by atoms with van der Waals surface area (Å²) in [6, 6.07) is 5.20. The molecule has 0 radical (unpaired) electrons. The second kappa shape index (κ2) is 4.83. The molecule has 0 fully saturated rings. The summed E-state index contributed by atoms with van der Waals surface area (Å²) in [7, 11) is 0. The first-order chi connectivity index (χ1) is 6.65. The lowest BCUT2D eigenvalue weighted by Crippen LogP contribution is -2.33. The van der Waals surface area contributed by atoms with Crippen LogP contribution in [0.25, 0.3) is 0 Å². The van der Waals surface area contributed by atoms with Crippen LogP contribution in [0.4, 0.5) is 4.39 Å². The molecule has 1 aromatic carbocycles. The van der Waals surface area contributed by atoms with E-state index in [2.05, 4.69) is 0 Å². The minimum absolute atomic E-state index is 0.341. The van der Waals surface area contributed by atoms with Crippen LogP contribution in [-0.2, 0) is 4.74 Å². The molecule has 14 heavy (non-hydrogen) atoms. The lowest BCUT2D eigenvalue weighted by atomic mass is 10.1. The molecule has 4 heteroatoms. The standard InChI is InChI=1S/C10H12FNO2/c1-2-14-10(12)9(13)7-3-5-8(11)6-4-7/h3-6,10H,2,12H2,1H3. The largest absolute Gasteiger partial charge is 0.356 e. The third-order valence-corrected chi connectivity index (χ3v) is 1.73. The quantitative estimate of drug-likeness (QED) is 0.585. The van der Waals surface area contributed by atoms with Gasteiger partial charge in [-0.05, 0) is 31.2 Å². The molecule has 1 rings (SSSR count). The van der Waals surface area contributed by atoms with E-state index < -0.39 is 6.23 Å². The predicted molar refractivity (Wildman–Crippen MR) is 50.3 cm³/mol. The van der Waals surface area contributed by atoms with Crippen LogP contribution in [-0.4, -0.2) is 18.6 Å². The fourth-order valence-electron chi connectivity index (χ4n) is 1.03. The monoisotopic (exact) mass is 197 g/mol. The van der Waals surface area contributed by atoms with Crippen LogP contribution in [0.3, 0.4) is 0 Å². The first-order valence-corrected chi connectivity index (χ1v) is 4.32. The lowest BCUT2D eigenvalue weighted by Gasteiger charge is -2.09. The Labute approximate surface area is 81.7 Å². The van der Waals surface area contributed by atoms with Crippen molar-refractivity contribution >= 4 is 5.78 Å². The zero-order valence-electron chi connectivity index (χ0n) is 7.87. The van der Waals surface area contributed by atoms with Gasteiger partial charge in [0, 0.05) is 12.2 Å². The summed E-state index contributed by atoms with van der Waals surface area (Å²) in [5, 5.41) is 0.